The van der Waals surface area contributed by atoms with Crippen molar-refractivity contribution in [2.75, 3.05) is 7.05 Å². The molecule has 1 atom stereocenters. The number of non-ortho nitro benzene ring substituents is 1. The van der Waals surface area contributed by atoms with Crippen molar-refractivity contribution in [2.24, 2.45) is 0 Å². The number of carbonyl (C=O) groups is 1. The molecule has 0 heterocycles. The first-order valence-electron chi connectivity index (χ1n) is 7.18. The van der Waals surface area contributed by atoms with Crippen LogP contribution in [0.15, 0.2) is 42.5 Å². The van der Waals surface area contributed by atoms with Crippen molar-refractivity contribution in [1.29, 1.82) is 0 Å². The molecule has 0 aliphatic rings. The molecule has 0 saturated carbocycles. The number of hydrogen-bond acceptors (Lipinski definition) is 5. The largest absolute Gasteiger partial charge is 0.335 e. The van der Waals surface area contributed by atoms with E-state index in [1.165, 1.54) is 30.1 Å². The monoisotopic (exact) mass is 347 g/mol. The molecule has 2 rings (SSSR count). The molecule has 130 valence electrons. The normalized spacial score (nSPS) is 11.6. The molecular formula is C16H14FN3O5. The highest BCUT2D eigenvalue weighted by molar-refractivity contribution is 5.95. The van der Waals surface area contributed by atoms with Gasteiger partial charge in [0.05, 0.1) is 15.9 Å². The fourth-order valence-electron chi connectivity index (χ4n) is 2.29. The van der Waals surface area contributed by atoms with Crippen LogP contribution in [0.4, 0.5) is 15.8 Å². The summed E-state index contributed by atoms with van der Waals surface area (Å²) in [5, 5.41) is 21.7. The molecule has 0 bridgehead atoms. The Balaban J connectivity index is 2.30. The minimum atomic E-state index is -1.03. The van der Waals surface area contributed by atoms with Crippen LogP contribution in [0.5, 0.6) is 0 Å². The first-order valence-corrected chi connectivity index (χ1v) is 7.18. The fourth-order valence-corrected chi connectivity index (χ4v) is 2.29. The van der Waals surface area contributed by atoms with E-state index >= 15 is 0 Å². The molecule has 0 aromatic heterocycles. The van der Waals surface area contributed by atoms with Crippen molar-refractivity contribution in [1.82, 2.24) is 4.90 Å². The van der Waals surface area contributed by atoms with E-state index in [0.29, 0.717) is 5.56 Å². The first kappa shape index (κ1) is 18.0. The lowest BCUT2D eigenvalue weighted by molar-refractivity contribution is -0.387. The van der Waals surface area contributed by atoms with Gasteiger partial charge in [0.25, 0.3) is 11.6 Å². The summed E-state index contributed by atoms with van der Waals surface area (Å²) in [6.45, 7) is 1.66. The zero-order valence-electron chi connectivity index (χ0n) is 13.4. The number of halogens is 1. The average molecular weight is 347 g/mol. The fraction of sp³-hybridized carbons (Fsp3) is 0.188. The number of nitro benzene ring substituents is 2. The maximum Gasteiger partial charge on any atom is 0.305 e. The minimum absolute atomic E-state index is 0.0483. The van der Waals surface area contributed by atoms with Crippen LogP contribution in [0.25, 0.3) is 0 Å². The van der Waals surface area contributed by atoms with Crippen LogP contribution in [-0.4, -0.2) is 27.7 Å². The van der Waals surface area contributed by atoms with Gasteiger partial charge in [-0.25, -0.2) is 0 Å². The maximum atomic E-state index is 13.4. The van der Waals surface area contributed by atoms with E-state index in [1.54, 1.807) is 13.0 Å². The van der Waals surface area contributed by atoms with Gasteiger partial charge in [0.2, 0.25) is 5.82 Å². The quantitative estimate of drug-likeness (QED) is 0.608. The third kappa shape index (κ3) is 3.77. The number of rotatable bonds is 5. The molecule has 0 fully saturated rings. The second-order valence-electron chi connectivity index (χ2n) is 5.37. The summed E-state index contributed by atoms with van der Waals surface area (Å²) in [7, 11) is 1.46. The Hall–Kier alpha value is -3.36. The second-order valence-corrected chi connectivity index (χ2v) is 5.37. The third-order valence-corrected chi connectivity index (χ3v) is 3.85. The van der Waals surface area contributed by atoms with Gasteiger partial charge in [-0.1, -0.05) is 12.1 Å². The Kier molecular flexibility index (Phi) is 5.06. The van der Waals surface area contributed by atoms with Crippen LogP contribution in [-0.2, 0) is 0 Å². The van der Waals surface area contributed by atoms with Crippen LogP contribution in [0, 0.1) is 26.0 Å². The summed E-state index contributed by atoms with van der Waals surface area (Å²) >= 11 is 0. The number of nitrogens with zero attached hydrogens (tertiary/aromatic N) is 3. The Morgan fingerprint density at radius 1 is 1.12 bits per heavy atom. The van der Waals surface area contributed by atoms with Crippen molar-refractivity contribution in [3.8, 4) is 0 Å². The summed E-state index contributed by atoms with van der Waals surface area (Å²) in [4.78, 5) is 34.0. The average Bonchev–Trinajstić information content (AvgIpc) is 2.60. The van der Waals surface area contributed by atoms with Gasteiger partial charge in [0.1, 0.15) is 0 Å². The molecule has 0 unspecified atom stereocenters. The number of nitro groups is 2. The highest BCUT2D eigenvalue weighted by atomic mass is 19.1. The van der Waals surface area contributed by atoms with Crippen LogP contribution >= 0.6 is 0 Å². The molecule has 25 heavy (non-hydrogen) atoms. The zero-order chi connectivity index (χ0) is 18.7. The summed E-state index contributed by atoms with van der Waals surface area (Å²) < 4.78 is 13.4. The van der Waals surface area contributed by atoms with Gasteiger partial charge in [0, 0.05) is 30.8 Å². The van der Waals surface area contributed by atoms with E-state index in [2.05, 4.69) is 0 Å². The van der Waals surface area contributed by atoms with Crippen molar-refractivity contribution in [2.45, 2.75) is 13.0 Å². The third-order valence-electron chi connectivity index (χ3n) is 3.85. The van der Waals surface area contributed by atoms with E-state index in [0.717, 1.165) is 18.2 Å². The molecular weight excluding hydrogens is 333 g/mol. The van der Waals surface area contributed by atoms with E-state index in [1.807, 2.05) is 0 Å². The predicted molar refractivity (Wildman–Crippen MR) is 86.7 cm³/mol. The Morgan fingerprint density at radius 2 is 1.80 bits per heavy atom. The smallest absolute Gasteiger partial charge is 0.305 e. The molecule has 2 aromatic carbocycles. The number of amides is 1. The minimum Gasteiger partial charge on any atom is -0.335 e. The molecule has 0 aliphatic carbocycles. The number of hydrogen-bond donors (Lipinski definition) is 0. The molecule has 0 radical (unpaired) electrons. The van der Waals surface area contributed by atoms with Crippen molar-refractivity contribution < 1.29 is 19.0 Å². The number of carbonyl (C=O) groups excluding carboxylic acids is 1. The van der Waals surface area contributed by atoms with E-state index in [-0.39, 0.29) is 11.3 Å². The van der Waals surface area contributed by atoms with Crippen molar-refractivity contribution in [3.63, 3.8) is 0 Å². The lowest BCUT2D eigenvalue weighted by Gasteiger charge is -2.25. The molecule has 0 spiro atoms. The summed E-state index contributed by atoms with van der Waals surface area (Å²) in [5.41, 5.74) is -0.417. The molecule has 8 nitrogen and oxygen atoms in total. The SMILES string of the molecule is C[C@@H](c1cccc([N+](=O)[O-])c1)N(C)C(=O)c1ccc(F)c([N+](=O)[O-])c1. The van der Waals surface area contributed by atoms with Crippen molar-refractivity contribution in [3.05, 3.63) is 79.6 Å². The maximum absolute atomic E-state index is 13.4. The van der Waals surface area contributed by atoms with Crippen LogP contribution in [0.1, 0.15) is 28.9 Å². The van der Waals surface area contributed by atoms with E-state index in [9.17, 15) is 29.4 Å². The lowest BCUT2D eigenvalue weighted by atomic mass is 10.1. The molecule has 0 aliphatic heterocycles. The number of benzene rings is 2. The van der Waals surface area contributed by atoms with Crippen LogP contribution in [0.3, 0.4) is 0 Å². The van der Waals surface area contributed by atoms with E-state index < -0.39 is 33.3 Å². The highest BCUT2D eigenvalue weighted by Crippen LogP contribution is 2.26. The van der Waals surface area contributed by atoms with Gasteiger partial charge in [-0.05, 0) is 24.6 Å². The zero-order valence-corrected chi connectivity index (χ0v) is 13.4. The standard InChI is InChI=1S/C16H14FN3O5/c1-10(11-4-3-5-13(8-11)19(22)23)18(2)16(21)12-6-7-14(17)15(9-12)20(24)25/h3-10H,1-2H3/t10-/m0/s1. The lowest BCUT2D eigenvalue weighted by Crippen LogP contribution is -2.29. The van der Waals surface area contributed by atoms with E-state index in [4.69, 9.17) is 0 Å². The summed E-state index contributed by atoms with van der Waals surface area (Å²) in [5.74, 6) is -1.60. The Morgan fingerprint density at radius 3 is 2.40 bits per heavy atom. The molecule has 2 aromatic rings. The molecule has 0 N–H and O–H groups in total. The highest BCUT2D eigenvalue weighted by Gasteiger charge is 2.23. The molecule has 1 amide bonds. The molecule has 9 heteroatoms. The van der Waals surface area contributed by atoms with Crippen LogP contribution < -0.4 is 0 Å². The van der Waals surface area contributed by atoms with Gasteiger partial charge < -0.3 is 4.90 Å². The van der Waals surface area contributed by atoms with Gasteiger partial charge >= 0.3 is 5.69 Å². The Labute approximate surface area is 141 Å². The Bertz CT molecular complexity index is 855. The summed E-state index contributed by atoms with van der Waals surface area (Å²) in [6.07, 6.45) is 0. The van der Waals surface area contributed by atoms with Gasteiger partial charge in [0.15, 0.2) is 0 Å². The van der Waals surface area contributed by atoms with Gasteiger partial charge in [-0.3, -0.25) is 25.0 Å². The second kappa shape index (κ2) is 7.04. The molecule has 0 saturated heterocycles. The van der Waals surface area contributed by atoms with Crippen LogP contribution in [0.2, 0.25) is 0 Å². The summed E-state index contributed by atoms with van der Waals surface area (Å²) in [6, 6.07) is 8.17. The topological polar surface area (TPSA) is 107 Å². The van der Waals surface area contributed by atoms with Crippen molar-refractivity contribution >= 4 is 17.3 Å². The first-order chi connectivity index (χ1) is 11.7. The van der Waals surface area contributed by atoms with Gasteiger partial charge in [-0.15, -0.1) is 0 Å². The predicted octanol–water partition coefficient (Wildman–Crippen LogP) is 3.48. The van der Waals surface area contributed by atoms with Gasteiger partial charge in [-0.2, -0.15) is 4.39 Å².